The normalized spacial score (nSPS) is 13.8. The number of anilines is 2. The lowest BCUT2D eigenvalue weighted by Crippen LogP contribution is -2.46. The molecule has 168 valence electrons. The number of para-hydroxylation sites is 1. The van der Waals surface area contributed by atoms with Crippen molar-refractivity contribution in [3.63, 3.8) is 0 Å². The van der Waals surface area contributed by atoms with Crippen LogP contribution in [0.1, 0.15) is 27.0 Å². The van der Waals surface area contributed by atoms with Crippen LogP contribution in [0.15, 0.2) is 89.4 Å². The van der Waals surface area contributed by atoms with Gasteiger partial charge >= 0.3 is 5.97 Å². The first-order valence-electron chi connectivity index (χ1n) is 11.4. The highest BCUT2D eigenvalue weighted by molar-refractivity contribution is 9.10. The lowest BCUT2D eigenvalue weighted by Gasteiger charge is -2.45. The topological polar surface area (TPSA) is 32.8 Å². The number of carbonyl (C=O) groups excluding carboxylic acids is 1. The molecule has 34 heavy (non-hydrogen) atoms. The summed E-state index contributed by atoms with van der Waals surface area (Å²) >= 11 is 3.61. The van der Waals surface area contributed by atoms with Crippen molar-refractivity contribution < 1.29 is 9.53 Å². The number of esters is 1. The van der Waals surface area contributed by atoms with Crippen LogP contribution in [0.5, 0.6) is 5.75 Å². The molecule has 2 aliphatic heterocycles. The zero-order valence-corrected chi connectivity index (χ0v) is 20.4. The highest BCUT2D eigenvalue weighted by atomic mass is 79.9. The van der Waals surface area contributed by atoms with E-state index >= 15 is 0 Å². The maximum atomic E-state index is 13.1. The molecule has 0 amide bonds. The Morgan fingerprint density at radius 1 is 0.824 bits per heavy atom. The van der Waals surface area contributed by atoms with E-state index in [-0.39, 0.29) is 5.97 Å². The third-order valence-corrected chi connectivity index (χ3v) is 7.09. The lowest BCUT2D eigenvalue weighted by molar-refractivity contribution is 0.0735. The molecule has 2 heterocycles. The number of hydrogen-bond donors (Lipinski definition) is 0. The monoisotopic (exact) mass is 510 g/mol. The minimum atomic E-state index is -0.341. The van der Waals surface area contributed by atoms with Crippen LogP contribution in [0.3, 0.4) is 0 Å². The second-order valence-electron chi connectivity index (χ2n) is 8.85. The van der Waals surface area contributed by atoms with E-state index in [1.807, 2.05) is 43.3 Å². The quantitative estimate of drug-likeness (QED) is 0.220. The van der Waals surface area contributed by atoms with E-state index in [1.165, 1.54) is 22.5 Å². The summed E-state index contributed by atoms with van der Waals surface area (Å²) in [5.74, 6) is 0.204. The highest BCUT2D eigenvalue weighted by Crippen LogP contribution is 2.41. The zero-order valence-electron chi connectivity index (χ0n) is 18.8. The molecule has 6 rings (SSSR count). The Morgan fingerprint density at radius 3 is 2.29 bits per heavy atom. The maximum absolute atomic E-state index is 13.1. The summed E-state index contributed by atoms with van der Waals surface area (Å²) in [6, 6.07) is 28.1. The largest absolute Gasteiger partial charge is 0.423 e. The van der Waals surface area contributed by atoms with Crippen molar-refractivity contribution >= 4 is 33.3 Å². The number of benzene rings is 4. The summed E-state index contributed by atoms with van der Waals surface area (Å²) < 4.78 is 6.79. The predicted molar refractivity (Wildman–Crippen MR) is 139 cm³/mol. The number of rotatable bonds is 3. The third kappa shape index (κ3) is 3.66. The number of ether oxygens (including phenoxy) is 1. The number of aryl methyl sites for hydroxylation is 1. The molecule has 2 bridgehead atoms. The van der Waals surface area contributed by atoms with Crippen molar-refractivity contribution in [3.8, 4) is 16.9 Å². The van der Waals surface area contributed by atoms with Crippen LogP contribution in [0, 0.1) is 6.92 Å². The Labute approximate surface area is 207 Å². The minimum absolute atomic E-state index is 0.341. The summed E-state index contributed by atoms with van der Waals surface area (Å²) in [7, 11) is 0. The predicted octanol–water partition coefficient (Wildman–Crippen LogP) is 6.94. The van der Waals surface area contributed by atoms with Gasteiger partial charge in [-0.05, 0) is 83.3 Å². The van der Waals surface area contributed by atoms with Crippen molar-refractivity contribution in [2.24, 2.45) is 0 Å². The number of hydrogen-bond acceptors (Lipinski definition) is 4. The van der Waals surface area contributed by atoms with Gasteiger partial charge < -0.3 is 14.5 Å². The zero-order chi connectivity index (χ0) is 23.2. The molecule has 4 nitrogen and oxygen atoms in total. The fourth-order valence-electron chi connectivity index (χ4n) is 5.08. The maximum Gasteiger partial charge on any atom is 0.344 e. The van der Waals surface area contributed by atoms with Gasteiger partial charge in [-0.15, -0.1) is 0 Å². The number of nitrogens with zero attached hydrogens (tertiary/aromatic N) is 2. The van der Waals surface area contributed by atoms with Crippen molar-refractivity contribution in [1.29, 1.82) is 0 Å². The Bertz CT molecular complexity index is 1420. The van der Waals surface area contributed by atoms with Gasteiger partial charge in [0.05, 0.1) is 12.2 Å². The molecule has 0 saturated carbocycles. The summed E-state index contributed by atoms with van der Waals surface area (Å²) in [5, 5.41) is 0. The molecule has 0 atom stereocenters. The second-order valence-corrected chi connectivity index (χ2v) is 9.77. The minimum Gasteiger partial charge on any atom is -0.423 e. The van der Waals surface area contributed by atoms with Gasteiger partial charge in [-0.25, -0.2) is 4.79 Å². The van der Waals surface area contributed by atoms with Gasteiger partial charge in [0.15, 0.2) is 0 Å². The van der Waals surface area contributed by atoms with Gasteiger partial charge in [-0.3, -0.25) is 0 Å². The molecule has 0 saturated heterocycles. The van der Waals surface area contributed by atoms with Crippen LogP contribution >= 0.6 is 15.9 Å². The molecule has 4 aromatic carbocycles. The van der Waals surface area contributed by atoms with Gasteiger partial charge in [-0.2, -0.15) is 0 Å². The highest BCUT2D eigenvalue weighted by Gasteiger charge is 2.30. The Balaban J connectivity index is 1.37. The van der Waals surface area contributed by atoms with Gasteiger partial charge in [0.1, 0.15) is 5.75 Å². The fraction of sp³-hybridized carbons (Fsp3) is 0.138. The molecule has 0 radical (unpaired) electrons. The van der Waals surface area contributed by atoms with E-state index in [9.17, 15) is 4.79 Å². The van der Waals surface area contributed by atoms with Gasteiger partial charge in [0, 0.05) is 28.9 Å². The second kappa shape index (κ2) is 8.33. The molecule has 0 fully saturated rings. The molecular formula is C29H23BrN2O2. The molecule has 5 heteroatoms. The molecule has 0 aromatic heterocycles. The standard InChI is InChI=1S/C29H23BrN2O2/c1-19-6-5-9-25(29(33)34-24-7-3-2-4-8-24)28(19)20-10-12-26-21(14-20)16-31-18-32(26)17-22-15-23(30)11-13-27(22)31/h2-15H,16-18H2,1H3. The van der Waals surface area contributed by atoms with E-state index in [1.54, 1.807) is 12.1 Å². The van der Waals surface area contributed by atoms with Crippen LogP contribution < -0.4 is 14.5 Å². The molecule has 0 spiro atoms. The summed E-state index contributed by atoms with van der Waals surface area (Å²) in [5.41, 5.74) is 8.74. The molecule has 4 aromatic rings. The van der Waals surface area contributed by atoms with Crippen LogP contribution in [0.2, 0.25) is 0 Å². The Hall–Kier alpha value is -3.57. The Kier molecular flexibility index (Phi) is 5.15. The van der Waals surface area contributed by atoms with Gasteiger partial charge in [0.25, 0.3) is 0 Å². The fourth-order valence-corrected chi connectivity index (χ4v) is 5.49. The van der Waals surface area contributed by atoms with Crippen molar-refractivity contribution in [2.45, 2.75) is 20.0 Å². The first-order chi connectivity index (χ1) is 16.6. The molecule has 0 N–H and O–H groups in total. The summed E-state index contributed by atoms with van der Waals surface area (Å²) in [6.07, 6.45) is 0. The first-order valence-corrected chi connectivity index (χ1v) is 12.1. The summed E-state index contributed by atoms with van der Waals surface area (Å²) in [6.45, 7) is 4.66. The number of carbonyl (C=O) groups is 1. The third-order valence-electron chi connectivity index (χ3n) is 6.60. The van der Waals surface area contributed by atoms with E-state index in [4.69, 9.17) is 4.74 Å². The molecule has 0 aliphatic carbocycles. The van der Waals surface area contributed by atoms with Gasteiger partial charge in [-0.1, -0.05) is 52.3 Å². The SMILES string of the molecule is Cc1cccc(C(=O)Oc2ccccc2)c1-c1ccc2c(c1)CN1CN2Cc2cc(Br)ccc21. The van der Waals surface area contributed by atoms with Crippen molar-refractivity contribution in [2.75, 3.05) is 16.5 Å². The lowest BCUT2D eigenvalue weighted by atomic mass is 9.92. The smallest absolute Gasteiger partial charge is 0.344 e. The van der Waals surface area contributed by atoms with Crippen molar-refractivity contribution in [3.05, 3.63) is 112 Å². The van der Waals surface area contributed by atoms with Gasteiger partial charge in [0.2, 0.25) is 0 Å². The average molecular weight is 511 g/mol. The van der Waals surface area contributed by atoms with Crippen LogP contribution in [-0.2, 0) is 13.1 Å². The first kappa shape index (κ1) is 21.0. The molecule has 2 aliphatic rings. The van der Waals surface area contributed by atoms with E-state index in [0.717, 1.165) is 40.9 Å². The Morgan fingerprint density at radius 2 is 1.53 bits per heavy atom. The molecule has 0 unspecified atom stereocenters. The van der Waals surface area contributed by atoms with E-state index in [0.29, 0.717) is 11.3 Å². The number of halogens is 1. The summed E-state index contributed by atoms with van der Waals surface area (Å²) in [4.78, 5) is 18.0. The van der Waals surface area contributed by atoms with E-state index < -0.39 is 0 Å². The van der Waals surface area contributed by atoms with Crippen LogP contribution in [0.25, 0.3) is 11.1 Å². The van der Waals surface area contributed by atoms with Crippen molar-refractivity contribution in [1.82, 2.24) is 0 Å². The molecular weight excluding hydrogens is 488 g/mol. The van der Waals surface area contributed by atoms with Crippen LogP contribution in [-0.4, -0.2) is 12.6 Å². The van der Waals surface area contributed by atoms with Crippen LogP contribution in [0.4, 0.5) is 11.4 Å². The number of fused-ring (bicyclic) bond motifs is 6. The van der Waals surface area contributed by atoms with E-state index in [2.05, 4.69) is 62.1 Å². The average Bonchev–Trinajstić information content (AvgIpc) is 2.84.